The fourth-order valence-corrected chi connectivity index (χ4v) is 4.75. The molecule has 0 unspecified atom stereocenters. The summed E-state index contributed by atoms with van der Waals surface area (Å²) in [6, 6.07) is 12.0. The first-order valence-electron chi connectivity index (χ1n) is 13.0. The van der Waals surface area contributed by atoms with E-state index in [-0.39, 0.29) is 11.7 Å². The topological polar surface area (TPSA) is 80.3 Å². The number of piperazine rings is 1. The molecule has 0 atom stereocenters. The molecule has 2 aromatic carbocycles. The summed E-state index contributed by atoms with van der Waals surface area (Å²) in [5, 5.41) is 5.66. The van der Waals surface area contributed by atoms with E-state index in [1.165, 1.54) is 16.7 Å². The van der Waals surface area contributed by atoms with E-state index in [0.29, 0.717) is 6.42 Å². The summed E-state index contributed by atoms with van der Waals surface area (Å²) in [6.07, 6.45) is 3.91. The third-order valence-corrected chi connectivity index (χ3v) is 6.84. The molecule has 2 heterocycles. The van der Waals surface area contributed by atoms with Gasteiger partial charge in [0.15, 0.2) is 5.78 Å². The summed E-state index contributed by atoms with van der Waals surface area (Å²) in [7, 11) is 0. The number of carbonyl (C=O) groups excluding carboxylic acids is 2. The second-order valence-corrected chi connectivity index (χ2v) is 8.94. The van der Waals surface area contributed by atoms with Crippen molar-refractivity contribution in [1.82, 2.24) is 20.9 Å². The lowest BCUT2D eigenvalue weighted by atomic mass is 9.92. The van der Waals surface area contributed by atoms with E-state index < -0.39 is 0 Å². The van der Waals surface area contributed by atoms with Gasteiger partial charge in [-0.25, -0.2) is 10.5 Å². The molecule has 36 heavy (non-hydrogen) atoms. The second-order valence-electron chi connectivity index (χ2n) is 8.94. The molecular formula is C28H40N6O2. The van der Waals surface area contributed by atoms with Crippen molar-refractivity contribution in [2.24, 2.45) is 5.10 Å². The van der Waals surface area contributed by atoms with Crippen LogP contribution in [-0.4, -0.2) is 60.6 Å². The zero-order chi connectivity index (χ0) is 26.1. The van der Waals surface area contributed by atoms with E-state index in [1.807, 2.05) is 49.1 Å². The molecule has 2 N–H and O–H groups in total. The van der Waals surface area contributed by atoms with Crippen molar-refractivity contribution in [1.29, 1.82) is 0 Å². The van der Waals surface area contributed by atoms with Gasteiger partial charge in [-0.1, -0.05) is 45.0 Å². The molecule has 0 bridgehead atoms. The maximum Gasteiger partial charge on any atom is 0.227 e. The van der Waals surface area contributed by atoms with E-state index in [1.54, 1.807) is 18.3 Å². The maximum absolute atomic E-state index is 12.8. The van der Waals surface area contributed by atoms with Crippen LogP contribution in [0.1, 0.15) is 60.3 Å². The summed E-state index contributed by atoms with van der Waals surface area (Å²) >= 11 is 0. The van der Waals surface area contributed by atoms with Crippen molar-refractivity contribution in [2.75, 3.05) is 37.7 Å². The van der Waals surface area contributed by atoms with Crippen LogP contribution < -0.4 is 16.1 Å². The van der Waals surface area contributed by atoms with Crippen molar-refractivity contribution in [3.8, 4) is 0 Å². The fourth-order valence-electron chi connectivity index (χ4n) is 4.75. The third kappa shape index (κ3) is 6.71. The monoisotopic (exact) mass is 492 g/mol. The standard InChI is InChI=1S/C26H34N6O2.C2H6/c1-4-24-19(2)22(7-10-25(24)20(3)33)11-12-30-13-15-31(16-14-30)26(34)17-21-5-8-23(9-6-21)32-18-27-28-29-32;1-2/h5-10,18,28-29H,4,11-17H2,1-3H3;1-2H3. The highest BCUT2D eigenvalue weighted by molar-refractivity contribution is 5.96. The Morgan fingerprint density at radius 1 is 1.00 bits per heavy atom. The van der Waals surface area contributed by atoms with E-state index in [2.05, 4.69) is 41.0 Å². The van der Waals surface area contributed by atoms with Crippen molar-refractivity contribution in [3.63, 3.8) is 0 Å². The SMILES string of the molecule is CC.CCc1c(C(C)=O)ccc(CCN2CCN(C(=O)Cc3ccc(N4C=NNN4)cc3)CC2)c1C. The predicted octanol–water partition coefficient (Wildman–Crippen LogP) is 3.49. The zero-order valence-corrected chi connectivity index (χ0v) is 22.3. The van der Waals surface area contributed by atoms with Crippen LogP contribution in [0.4, 0.5) is 5.69 Å². The number of Topliss-reactive ketones (excluding diaryl/α,β-unsaturated/α-hetero) is 1. The molecule has 0 aliphatic carbocycles. The molecule has 1 fully saturated rings. The number of hydrazine groups is 2. The first-order chi connectivity index (χ1) is 17.5. The average Bonchev–Trinajstić information content (AvgIpc) is 3.45. The number of nitrogens with zero attached hydrogens (tertiary/aromatic N) is 4. The first kappa shape index (κ1) is 27.4. The number of hydrazone groups is 1. The van der Waals surface area contributed by atoms with Gasteiger partial charge in [-0.15, -0.1) is 5.53 Å². The summed E-state index contributed by atoms with van der Waals surface area (Å²) < 4.78 is 0. The number of amides is 1. The Kier molecular flexibility index (Phi) is 10.0. The lowest BCUT2D eigenvalue weighted by Crippen LogP contribution is -2.49. The number of carbonyl (C=O) groups is 2. The molecule has 2 aromatic rings. The Bertz CT molecular complexity index is 1060. The summed E-state index contributed by atoms with van der Waals surface area (Å²) in [4.78, 5) is 29.1. The Hall–Kier alpha value is -3.23. The number of hydrogen-bond acceptors (Lipinski definition) is 7. The highest BCUT2D eigenvalue weighted by Crippen LogP contribution is 2.21. The molecule has 1 saturated heterocycles. The highest BCUT2D eigenvalue weighted by atomic mass is 16.2. The fraction of sp³-hybridized carbons (Fsp3) is 0.464. The van der Waals surface area contributed by atoms with E-state index in [4.69, 9.17) is 0 Å². The lowest BCUT2D eigenvalue weighted by Gasteiger charge is -2.35. The van der Waals surface area contributed by atoms with Crippen molar-refractivity contribution < 1.29 is 9.59 Å². The Balaban J connectivity index is 0.00000176. The van der Waals surface area contributed by atoms with Crippen LogP contribution in [0.15, 0.2) is 41.5 Å². The quantitative estimate of drug-likeness (QED) is 0.549. The molecule has 0 spiro atoms. The van der Waals surface area contributed by atoms with E-state index in [9.17, 15) is 9.59 Å². The first-order valence-corrected chi connectivity index (χ1v) is 13.0. The van der Waals surface area contributed by atoms with E-state index >= 15 is 0 Å². The van der Waals surface area contributed by atoms with Crippen LogP contribution in [0.25, 0.3) is 0 Å². The van der Waals surface area contributed by atoms with Crippen LogP contribution in [0.5, 0.6) is 0 Å². The zero-order valence-electron chi connectivity index (χ0n) is 22.3. The molecule has 0 saturated carbocycles. The summed E-state index contributed by atoms with van der Waals surface area (Å²) in [5.74, 6) is 0.316. The van der Waals surface area contributed by atoms with Gasteiger partial charge < -0.3 is 4.90 Å². The Labute approximate surface area is 215 Å². The minimum atomic E-state index is 0.138. The molecule has 194 valence electrons. The number of benzene rings is 2. The average molecular weight is 493 g/mol. The van der Waals surface area contributed by atoms with Crippen LogP contribution in [0.3, 0.4) is 0 Å². The molecule has 2 aliphatic heterocycles. The molecule has 4 rings (SSSR count). The van der Waals surface area contributed by atoms with Gasteiger partial charge in [0, 0.05) is 38.3 Å². The van der Waals surface area contributed by atoms with Gasteiger partial charge in [0.1, 0.15) is 6.34 Å². The molecule has 0 aromatic heterocycles. The number of rotatable bonds is 8. The smallest absolute Gasteiger partial charge is 0.227 e. The van der Waals surface area contributed by atoms with Gasteiger partial charge in [0.25, 0.3) is 0 Å². The number of anilines is 1. The molecular weight excluding hydrogens is 452 g/mol. The van der Waals surface area contributed by atoms with Gasteiger partial charge in [-0.05, 0) is 61.1 Å². The molecule has 1 amide bonds. The lowest BCUT2D eigenvalue weighted by molar-refractivity contribution is -0.132. The second kappa shape index (κ2) is 13.2. The van der Waals surface area contributed by atoms with Gasteiger partial charge in [-0.3, -0.25) is 14.5 Å². The largest absolute Gasteiger partial charge is 0.340 e. The van der Waals surface area contributed by atoms with Crippen molar-refractivity contribution in [3.05, 3.63) is 64.2 Å². The van der Waals surface area contributed by atoms with E-state index in [0.717, 1.165) is 62.4 Å². The molecule has 2 aliphatic rings. The number of nitrogens with one attached hydrogen (secondary N) is 2. The van der Waals surface area contributed by atoms with Crippen LogP contribution in [0, 0.1) is 6.92 Å². The number of hydrogen-bond donors (Lipinski definition) is 2. The van der Waals surface area contributed by atoms with Crippen LogP contribution in [0.2, 0.25) is 0 Å². The van der Waals surface area contributed by atoms with Crippen molar-refractivity contribution >= 4 is 23.7 Å². The molecule has 0 radical (unpaired) electrons. The highest BCUT2D eigenvalue weighted by Gasteiger charge is 2.21. The van der Waals surface area contributed by atoms with Gasteiger partial charge in [0.2, 0.25) is 5.91 Å². The summed E-state index contributed by atoms with van der Waals surface area (Å²) in [6.45, 7) is 14.2. The van der Waals surface area contributed by atoms with Gasteiger partial charge in [-0.2, -0.15) is 5.10 Å². The normalized spacial score (nSPS) is 15.4. The Morgan fingerprint density at radius 2 is 1.69 bits per heavy atom. The molecule has 8 heteroatoms. The molecule has 8 nitrogen and oxygen atoms in total. The third-order valence-electron chi connectivity index (χ3n) is 6.84. The number of ketones is 1. The van der Waals surface area contributed by atoms with Gasteiger partial charge in [0.05, 0.1) is 12.1 Å². The minimum absolute atomic E-state index is 0.138. The van der Waals surface area contributed by atoms with Crippen molar-refractivity contribution in [2.45, 2.75) is 53.9 Å². The maximum atomic E-state index is 12.8. The Morgan fingerprint density at radius 3 is 2.28 bits per heavy atom. The summed E-state index contributed by atoms with van der Waals surface area (Å²) in [5.41, 5.74) is 12.1. The van der Waals surface area contributed by atoms with Crippen LogP contribution in [-0.2, 0) is 24.1 Å². The van der Waals surface area contributed by atoms with Crippen LogP contribution >= 0.6 is 0 Å². The van der Waals surface area contributed by atoms with Gasteiger partial charge >= 0.3 is 0 Å². The predicted molar refractivity (Wildman–Crippen MR) is 146 cm³/mol. The minimum Gasteiger partial charge on any atom is -0.340 e.